The molecule has 2 N–H and O–H groups in total. The van der Waals surface area contributed by atoms with Gasteiger partial charge >= 0.3 is 0 Å². The van der Waals surface area contributed by atoms with E-state index in [1.807, 2.05) is 25.6 Å². The zero-order chi connectivity index (χ0) is 19.2. The smallest absolute Gasteiger partial charge is 0.194 e. The molecule has 3 atom stereocenters. The summed E-state index contributed by atoms with van der Waals surface area (Å²) in [5.74, 6) is 1.05. The molecule has 1 aliphatic heterocycles. The van der Waals surface area contributed by atoms with E-state index < -0.39 is 6.10 Å². The van der Waals surface area contributed by atoms with E-state index in [2.05, 4.69) is 31.7 Å². The molecule has 3 rings (SSSR count). The summed E-state index contributed by atoms with van der Waals surface area (Å²) in [7, 11) is 0. The lowest BCUT2D eigenvalue weighted by molar-refractivity contribution is 0.179. The van der Waals surface area contributed by atoms with Crippen molar-refractivity contribution in [2.45, 2.75) is 32.4 Å². The molecule has 0 amide bonds. The molecular formula is C20H29FIN5O. The predicted octanol–water partition coefficient (Wildman–Crippen LogP) is 3.22. The number of halogens is 2. The van der Waals surface area contributed by atoms with Crippen molar-refractivity contribution in [3.05, 3.63) is 54.4 Å². The Hall–Kier alpha value is -1.68. The van der Waals surface area contributed by atoms with Gasteiger partial charge in [0.15, 0.2) is 5.96 Å². The minimum Gasteiger partial charge on any atom is -0.386 e. The van der Waals surface area contributed by atoms with Gasteiger partial charge in [-0.3, -0.25) is 4.99 Å². The van der Waals surface area contributed by atoms with Crippen LogP contribution in [0.1, 0.15) is 38.0 Å². The number of nitrogens with one attached hydrogen (secondary N) is 1. The lowest BCUT2D eigenvalue weighted by Crippen LogP contribution is -2.49. The summed E-state index contributed by atoms with van der Waals surface area (Å²) in [5.41, 5.74) is 0.666. The molecule has 8 heteroatoms. The molecule has 0 aliphatic carbocycles. The number of nitrogens with zero attached hydrogens (tertiary/aromatic N) is 4. The maximum Gasteiger partial charge on any atom is 0.194 e. The second kappa shape index (κ2) is 10.8. The van der Waals surface area contributed by atoms with E-state index in [4.69, 9.17) is 0 Å². The number of aromatic nitrogens is 2. The molecular weight excluding hydrogens is 472 g/mol. The Bertz CT molecular complexity index is 738. The number of imidazole rings is 1. The Morgan fingerprint density at radius 2 is 2.14 bits per heavy atom. The maximum atomic E-state index is 13.1. The third-order valence-corrected chi connectivity index (χ3v) is 5.13. The van der Waals surface area contributed by atoms with Crippen molar-refractivity contribution in [2.24, 2.45) is 10.9 Å². The normalized spacial score (nSPS) is 21.1. The lowest BCUT2D eigenvalue weighted by Gasteiger charge is -2.39. The van der Waals surface area contributed by atoms with Crippen molar-refractivity contribution in [3.8, 4) is 0 Å². The number of likely N-dealkylation sites (tertiary alicyclic amines) is 1. The lowest BCUT2D eigenvalue weighted by atomic mass is 9.93. The molecule has 6 nitrogen and oxygen atoms in total. The van der Waals surface area contributed by atoms with Gasteiger partial charge in [0.25, 0.3) is 0 Å². The number of benzene rings is 1. The predicted molar refractivity (Wildman–Crippen MR) is 119 cm³/mol. The average molecular weight is 501 g/mol. The van der Waals surface area contributed by atoms with Crippen LogP contribution in [0.4, 0.5) is 4.39 Å². The highest BCUT2D eigenvalue weighted by Gasteiger charge is 2.29. The number of piperidine rings is 1. The van der Waals surface area contributed by atoms with Crippen molar-refractivity contribution in [3.63, 3.8) is 0 Å². The van der Waals surface area contributed by atoms with Gasteiger partial charge < -0.3 is 19.9 Å². The Labute approximate surface area is 182 Å². The number of hydrogen-bond acceptors (Lipinski definition) is 3. The second-order valence-electron chi connectivity index (χ2n) is 7.05. The van der Waals surface area contributed by atoms with Gasteiger partial charge in [-0.2, -0.15) is 0 Å². The van der Waals surface area contributed by atoms with Crippen molar-refractivity contribution in [1.82, 2.24) is 19.8 Å². The van der Waals surface area contributed by atoms with Crippen LogP contribution in [-0.2, 0) is 0 Å². The van der Waals surface area contributed by atoms with Gasteiger partial charge in [0.1, 0.15) is 5.82 Å². The summed E-state index contributed by atoms with van der Waals surface area (Å²) in [6, 6.07) is 6.25. The van der Waals surface area contributed by atoms with Crippen LogP contribution in [0.3, 0.4) is 0 Å². The summed E-state index contributed by atoms with van der Waals surface area (Å²) >= 11 is 0. The number of aliphatic hydroxyl groups excluding tert-OH is 1. The standard InChI is InChI=1S/C20H28FN5O.HI/c1-3-23-20(24-12-19(27)16-4-6-17(21)7-5-16)25-10-8-15(2)18(13-25)26-11-9-22-14-26;/h4-7,9,11,14-15,18-19,27H,3,8,10,12-13H2,1-2H3,(H,23,24);1H. The molecule has 0 spiro atoms. The fraction of sp³-hybridized carbons (Fsp3) is 0.500. The van der Waals surface area contributed by atoms with E-state index in [0.29, 0.717) is 17.5 Å². The number of aliphatic hydroxyl groups is 1. The van der Waals surface area contributed by atoms with Crippen LogP contribution in [-0.4, -0.2) is 51.7 Å². The van der Waals surface area contributed by atoms with E-state index >= 15 is 0 Å². The average Bonchev–Trinajstić information content (AvgIpc) is 3.20. The molecule has 0 radical (unpaired) electrons. The Kier molecular flexibility index (Phi) is 8.68. The van der Waals surface area contributed by atoms with Crippen LogP contribution in [0, 0.1) is 11.7 Å². The highest BCUT2D eigenvalue weighted by molar-refractivity contribution is 14.0. The fourth-order valence-corrected chi connectivity index (χ4v) is 3.48. The summed E-state index contributed by atoms with van der Waals surface area (Å²) in [4.78, 5) is 11.1. The molecule has 1 aliphatic rings. The molecule has 154 valence electrons. The quantitative estimate of drug-likeness (QED) is 0.375. The number of aliphatic imine (C=N–C) groups is 1. The van der Waals surface area contributed by atoms with Crippen molar-refractivity contribution >= 4 is 29.9 Å². The topological polar surface area (TPSA) is 65.7 Å². The molecule has 0 saturated carbocycles. The Morgan fingerprint density at radius 3 is 2.79 bits per heavy atom. The largest absolute Gasteiger partial charge is 0.386 e. The molecule has 2 heterocycles. The van der Waals surface area contributed by atoms with E-state index in [-0.39, 0.29) is 36.3 Å². The molecule has 0 bridgehead atoms. The highest BCUT2D eigenvalue weighted by Crippen LogP contribution is 2.27. The van der Waals surface area contributed by atoms with Gasteiger partial charge in [0, 0.05) is 32.0 Å². The molecule has 1 saturated heterocycles. The minimum absolute atomic E-state index is 0. The van der Waals surface area contributed by atoms with E-state index in [1.54, 1.807) is 12.1 Å². The third-order valence-electron chi connectivity index (χ3n) is 5.13. The highest BCUT2D eigenvalue weighted by atomic mass is 127. The van der Waals surface area contributed by atoms with Gasteiger partial charge in [0.05, 0.1) is 25.0 Å². The summed E-state index contributed by atoms with van der Waals surface area (Å²) in [6.45, 7) is 7.06. The van der Waals surface area contributed by atoms with Crippen LogP contribution in [0.5, 0.6) is 0 Å². The zero-order valence-electron chi connectivity index (χ0n) is 16.3. The maximum absolute atomic E-state index is 13.1. The first kappa shape index (κ1) is 22.6. The third kappa shape index (κ3) is 5.66. The summed E-state index contributed by atoms with van der Waals surface area (Å²) in [5, 5.41) is 13.7. The number of rotatable bonds is 5. The van der Waals surface area contributed by atoms with E-state index in [1.165, 1.54) is 12.1 Å². The van der Waals surface area contributed by atoms with Crippen LogP contribution < -0.4 is 5.32 Å². The first-order chi connectivity index (χ1) is 13.1. The van der Waals surface area contributed by atoms with Crippen molar-refractivity contribution in [1.29, 1.82) is 0 Å². The van der Waals surface area contributed by atoms with E-state index in [9.17, 15) is 9.50 Å². The number of guanidine groups is 1. The first-order valence-corrected chi connectivity index (χ1v) is 9.52. The monoisotopic (exact) mass is 501 g/mol. The number of hydrogen-bond donors (Lipinski definition) is 2. The van der Waals surface area contributed by atoms with Crippen molar-refractivity contribution < 1.29 is 9.50 Å². The molecule has 3 unspecified atom stereocenters. The molecule has 1 fully saturated rings. The van der Waals surface area contributed by atoms with Crippen LogP contribution in [0.2, 0.25) is 0 Å². The summed E-state index contributed by atoms with van der Waals surface area (Å²) < 4.78 is 15.2. The molecule has 28 heavy (non-hydrogen) atoms. The van der Waals surface area contributed by atoms with Gasteiger partial charge in [-0.05, 0) is 37.0 Å². The molecule has 2 aromatic rings. The second-order valence-corrected chi connectivity index (χ2v) is 7.05. The van der Waals surface area contributed by atoms with Crippen molar-refractivity contribution in [2.75, 3.05) is 26.2 Å². The van der Waals surface area contributed by atoms with Crippen LogP contribution in [0.15, 0.2) is 48.0 Å². The van der Waals surface area contributed by atoms with E-state index in [0.717, 1.165) is 32.0 Å². The summed E-state index contributed by atoms with van der Waals surface area (Å²) in [6.07, 6.45) is 5.99. The first-order valence-electron chi connectivity index (χ1n) is 9.52. The van der Waals surface area contributed by atoms with Gasteiger partial charge in [-0.25, -0.2) is 9.37 Å². The minimum atomic E-state index is -0.757. The Morgan fingerprint density at radius 1 is 1.39 bits per heavy atom. The SMILES string of the molecule is CCNC(=NCC(O)c1ccc(F)cc1)N1CCC(C)C(n2ccnc2)C1.I. The fourth-order valence-electron chi connectivity index (χ4n) is 3.48. The zero-order valence-corrected chi connectivity index (χ0v) is 18.7. The molecule has 1 aromatic heterocycles. The van der Waals surface area contributed by atoms with Crippen LogP contribution in [0.25, 0.3) is 0 Å². The van der Waals surface area contributed by atoms with Crippen LogP contribution >= 0.6 is 24.0 Å². The van der Waals surface area contributed by atoms with Gasteiger partial charge in [0.2, 0.25) is 0 Å². The Balaban J connectivity index is 0.00000280. The molecule has 1 aromatic carbocycles. The van der Waals surface area contributed by atoms with Gasteiger partial charge in [-0.1, -0.05) is 19.1 Å². The van der Waals surface area contributed by atoms with Gasteiger partial charge in [-0.15, -0.1) is 24.0 Å².